The SMILES string of the molecule is Cc1ccnc(Oc2ccc(Br)cc2N)c1. The first-order valence-electron chi connectivity index (χ1n) is 4.81. The van der Waals surface area contributed by atoms with Gasteiger partial charge in [0.1, 0.15) is 0 Å². The number of nitrogens with zero attached hydrogens (tertiary/aromatic N) is 1. The third kappa shape index (κ3) is 2.52. The Hall–Kier alpha value is -1.55. The van der Waals surface area contributed by atoms with Crippen LogP contribution in [0.25, 0.3) is 0 Å². The molecule has 2 aromatic rings. The van der Waals surface area contributed by atoms with Gasteiger partial charge in [-0.05, 0) is 36.8 Å². The number of nitrogen functional groups attached to an aromatic ring is 1. The second-order valence-corrected chi connectivity index (χ2v) is 4.37. The predicted molar refractivity (Wildman–Crippen MR) is 67.6 cm³/mol. The normalized spacial score (nSPS) is 10.1. The molecule has 2 N–H and O–H groups in total. The minimum absolute atomic E-state index is 0.550. The number of benzene rings is 1. The van der Waals surface area contributed by atoms with Crippen LogP contribution in [0.5, 0.6) is 11.6 Å². The summed E-state index contributed by atoms with van der Waals surface area (Å²) in [6, 6.07) is 9.26. The second-order valence-electron chi connectivity index (χ2n) is 3.46. The molecule has 82 valence electrons. The van der Waals surface area contributed by atoms with Crippen LogP contribution in [-0.2, 0) is 0 Å². The summed E-state index contributed by atoms with van der Waals surface area (Å²) in [5.41, 5.74) is 7.50. The van der Waals surface area contributed by atoms with Crippen molar-refractivity contribution in [2.75, 3.05) is 5.73 Å². The zero-order valence-electron chi connectivity index (χ0n) is 8.77. The van der Waals surface area contributed by atoms with Gasteiger partial charge >= 0.3 is 0 Å². The molecule has 0 aliphatic carbocycles. The van der Waals surface area contributed by atoms with Crippen LogP contribution in [0.2, 0.25) is 0 Å². The number of ether oxygens (including phenoxy) is 1. The Bertz CT molecular complexity index is 514. The topological polar surface area (TPSA) is 48.1 Å². The third-order valence-electron chi connectivity index (χ3n) is 2.08. The molecule has 2 rings (SSSR count). The third-order valence-corrected chi connectivity index (χ3v) is 2.57. The Morgan fingerprint density at radius 1 is 1.25 bits per heavy atom. The van der Waals surface area contributed by atoms with Gasteiger partial charge in [0.05, 0.1) is 5.69 Å². The van der Waals surface area contributed by atoms with Gasteiger partial charge in [0.2, 0.25) is 5.88 Å². The molecule has 0 aliphatic rings. The fourth-order valence-electron chi connectivity index (χ4n) is 1.29. The van der Waals surface area contributed by atoms with E-state index in [1.165, 1.54) is 0 Å². The van der Waals surface area contributed by atoms with Crippen molar-refractivity contribution in [3.63, 3.8) is 0 Å². The second kappa shape index (κ2) is 4.53. The molecule has 16 heavy (non-hydrogen) atoms. The quantitative estimate of drug-likeness (QED) is 0.855. The molecular weight excluding hydrogens is 268 g/mol. The molecule has 1 aromatic heterocycles. The summed E-state index contributed by atoms with van der Waals surface area (Å²) in [6.45, 7) is 1.99. The van der Waals surface area contributed by atoms with Crippen LogP contribution in [-0.4, -0.2) is 4.98 Å². The van der Waals surface area contributed by atoms with Crippen molar-refractivity contribution in [2.24, 2.45) is 0 Å². The lowest BCUT2D eigenvalue weighted by atomic mass is 10.3. The van der Waals surface area contributed by atoms with Gasteiger partial charge in [-0.1, -0.05) is 15.9 Å². The van der Waals surface area contributed by atoms with Gasteiger partial charge in [-0.15, -0.1) is 0 Å². The molecule has 3 nitrogen and oxygen atoms in total. The van der Waals surface area contributed by atoms with Gasteiger partial charge in [0, 0.05) is 16.7 Å². The first-order chi connectivity index (χ1) is 7.65. The van der Waals surface area contributed by atoms with E-state index < -0.39 is 0 Å². The molecule has 0 atom stereocenters. The summed E-state index contributed by atoms with van der Waals surface area (Å²) in [5, 5.41) is 0. The molecule has 1 heterocycles. The lowest BCUT2D eigenvalue weighted by Crippen LogP contribution is -1.93. The van der Waals surface area contributed by atoms with Crippen molar-refractivity contribution >= 4 is 21.6 Å². The van der Waals surface area contributed by atoms with Crippen LogP contribution in [0, 0.1) is 6.92 Å². The molecule has 4 heteroatoms. The molecule has 0 radical (unpaired) electrons. The highest BCUT2D eigenvalue weighted by Crippen LogP contribution is 2.28. The number of hydrogen-bond donors (Lipinski definition) is 1. The molecule has 0 bridgehead atoms. The molecule has 0 saturated carbocycles. The number of nitrogens with two attached hydrogens (primary N) is 1. The lowest BCUT2D eigenvalue weighted by molar-refractivity contribution is 0.464. The molecule has 0 aliphatic heterocycles. The number of pyridine rings is 1. The van der Waals surface area contributed by atoms with E-state index in [0.29, 0.717) is 17.3 Å². The van der Waals surface area contributed by atoms with Crippen molar-refractivity contribution in [1.29, 1.82) is 0 Å². The van der Waals surface area contributed by atoms with Crippen LogP contribution in [0.3, 0.4) is 0 Å². The maximum Gasteiger partial charge on any atom is 0.219 e. The maximum atomic E-state index is 5.82. The summed E-state index contributed by atoms with van der Waals surface area (Å²) < 4.78 is 6.51. The van der Waals surface area contributed by atoms with Gasteiger partial charge in [-0.3, -0.25) is 0 Å². The van der Waals surface area contributed by atoms with Crippen molar-refractivity contribution in [2.45, 2.75) is 6.92 Å². The van der Waals surface area contributed by atoms with Crippen LogP contribution in [0.1, 0.15) is 5.56 Å². The summed E-state index contributed by atoms with van der Waals surface area (Å²) in [4.78, 5) is 4.11. The van der Waals surface area contributed by atoms with E-state index >= 15 is 0 Å². The molecule has 0 amide bonds. The van der Waals surface area contributed by atoms with E-state index in [4.69, 9.17) is 10.5 Å². The van der Waals surface area contributed by atoms with Crippen molar-refractivity contribution < 1.29 is 4.74 Å². The minimum atomic E-state index is 0.550. The largest absolute Gasteiger partial charge is 0.437 e. The zero-order chi connectivity index (χ0) is 11.5. The molecule has 1 aromatic carbocycles. The molecule has 0 unspecified atom stereocenters. The highest BCUT2D eigenvalue weighted by atomic mass is 79.9. The highest BCUT2D eigenvalue weighted by molar-refractivity contribution is 9.10. The van der Waals surface area contributed by atoms with E-state index in [0.717, 1.165) is 10.0 Å². The smallest absolute Gasteiger partial charge is 0.219 e. The van der Waals surface area contributed by atoms with Crippen LogP contribution in [0.4, 0.5) is 5.69 Å². The van der Waals surface area contributed by atoms with Gasteiger partial charge in [-0.2, -0.15) is 0 Å². The number of rotatable bonds is 2. The summed E-state index contributed by atoms with van der Waals surface area (Å²) in [5.74, 6) is 1.16. The Kier molecular flexibility index (Phi) is 3.10. The zero-order valence-corrected chi connectivity index (χ0v) is 10.4. The summed E-state index contributed by atoms with van der Waals surface area (Å²) >= 11 is 3.34. The number of hydrogen-bond acceptors (Lipinski definition) is 3. The Balaban J connectivity index is 2.27. The van der Waals surface area contributed by atoms with Gasteiger partial charge in [0.15, 0.2) is 5.75 Å². The fourth-order valence-corrected chi connectivity index (χ4v) is 1.67. The van der Waals surface area contributed by atoms with E-state index in [9.17, 15) is 0 Å². The maximum absolute atomic E-state index is 5.82. The van der Waals surface area contributed by atoms with E-state index in [-0.39, 0.29) is 0 Å². The molecule has 0 fully saturated rings. The van der Waals surface area contributed by atoms with Gasteiger partial charge in [0.25, 0.3) is 0 Å². The van der Waals surface area contributed by atoms with Gasteiger partial charge in [-0.25, -0.2) is 4.98 Å². The summed E-state index contributed by atoms with van der Waals surface area (Å²) in [6.07, 6.45) is 1.71. The first-order valence-corrected chi connectivity index (χ1v) is 5.60. The Morgan fingerprint density at radius 3 is 2.75 bits per heavy atom. The predicted octanol–water partition coefficient (Wildman–Crippen LogP) is 3.53. The average Bonchev–Trinajstić information content (AvgIpc) is 2.22. The number of aryl methyl sites for hydroxylation is 1. The van der Waals surface area contributed by atoms with Crippen molar-refractivity contribution in [3.8, 4) is 11.6 Å². The minimum Gasteiger partial charge on any atom is -0.437 e. The van der Waals surface area contributed by atoms with Crippen LogP contribution < -0.4 is 10.5 Å². The number of aromatic nitrogens is 1. The van der Waals surface area contributed by atoms with E-state index in [1.807, 2.05) is 31.2 Å². The fraction of sp³-hybridized carbons (Fsp3) is 0.0833. The monoisotopic (exact) mass is 278 g/mol. The Labute approximate surface area is 102 Å². The number of anilines is 1. The van der Waals surface area contributed by atoms with Crippen LogP contribution >= 0.6 is 15.9 Å². The lowest BCUT2D eigenvalue weighted by Gasteiger charge is -2.07. The van der Waals surface area contributed by atoms with Crippen LogP contribution in [0.15, 0.2) is 41.0 Å². The van der Waals surface area contributed by atoms with Crippen molar-refractivity contribution in [1.82, 2.24) is 4.98 Å². The van der Waals surface area contributed by atoms with Gasteiger partial charge < -0.3 is 10.5 Å². The standard InChI is InChI=1S/C12H11BrN2O/c1-8-4-5-15-12(6-8)16-11-3-2-9(13)7-10(11)14/h2-7H,14H2,1H3. The Morgan fingerprint density at radius 2 is 2.06 bits per heavy atom. The average molecular weight is 279 g/mol. The first kappa shape index (κ1) is 11.0. The molecule has 0 spiro atoms. The summed E-state index contributed by atoms with van der Waals surface area (Å²) in [7, 11) is 0. The molecular formula is C12H11BrN2O. The van der Waals surface area contributed by atoms with Crippen molar-refractivity contribution in [3.05, 3.63) is 46.6 Å². The van der Waals surface area contributed by atoms with E-state index in [2.05, 4.69) is 20.9 Å². The van der Waals surface area contributed by atoms with E-state index in [1.54, 1.807) is 12.3 Å². The number of halogens is 1. The highest BCUT2D eigenvalue weighted by Gasteiger charge is 2.03. The molecule has 0 saturated heterocycles.